The van der Waals surface area contributed by atoms with Gasteiger partial charge >= 0.3 is 0 Å². The summed E-state index contributed by atoms with van der Waals surface area (Å²) in [7, 11) is 0. The first-order valence-electron chi connectivity index (χ1n) is 6.07. The predicted molar refractivity (Wildman–Crippen MR) is 62.1 cm³/mol. The fraction of sp³-hybridized carbons (Fsp3) is 0.846. The molecule has 0 heterocycles. The van der Waals surface area contributed by atoms with Gasteiger partial charge in [-0.1, -0.05) is 45.0 Å². The van der Waals surface area contributed by atoms with E-state index >= 15 is 0 Å². The van der Waals surface area contributed by atoms with Gasteiger partial charge in [0.15, 0.2) is 0 Å². The monoisotopic (exact) mass is 193 g/mol. The molecule has 0 N–H and O–H groups in total. The Labute approximate surface area is 88.9 Å². The molecule has 1 fully saturated rings. The molecule has 0 spiro atoms. The van der Waals surface area contributed by atoms with Gasteiger partial charge in [-0.25, -0.2) is 0 Å². The SMILES string of the molecule is CCN(CC)CC#CC1CCCCC1. The Hall–Kier alpha value is -0.480. The van der Waals surface area contributed by atoms with E-state index in [1.54, 1.807) is 0 Å². The molecule has 0 atom stereocenters. The molecular formula is C13H23N. The highest BCUT2D eigenvalue weighted by molar-refractivity contribution is 5.06. The zero-order valence-corrected chi connectivity index (χ0v) is 9.68. The molecule has 1 heteroatoms. The van der Waals surface area contributed by atoms with Gasteiger partial charge in [0.1, 0.15) is 0 Å². The van der Waals surface area contributed by atoms with Crippen molar-refractivity contribution in [3.05, 3.63) is 0 Å². The summed E-state index contributed by atoms with van der Waals surface area (Å²) in [5, 5.41) is 0. The van der Waals surface area contributed by atoms with Crippen molar-refractivity contribution in [2.45, 2.75) is 46.0 Å². The van der Waals surface area contributed by atoms with Crippen LogP contribution in [0.25, 0.3) is 0 Å². The lowest BCUT2D eigenvalue weighted by molar-refractivity contribution is 0.342. The van der Waals surface area contributed by atoms with Gasteiger partial charge in [0.05, 0.1) is 6.54 Å². The van der Waals surface area contributed by atoms with Crippen molar-refractivity contribution >= 4 is 0 Å². The van der Waals surface area contributed by atoms with Gasteiger partial charge < -0.3 is 0 Å². The molecule has 0 saturated heterocycles. The minimum atomic E-state index is 0.708. The van der Waals surface area contributed by atoms with Crippen molar-refractivity contribution in [2.75, 3.05) is 19.6 Å². The van der Waals surface area contributed by atoms with E-state index in [1.165, 1.54) is 32.1 Å². The highest BCUT2D eigenvalue weighted by Crippen LogP contribution is 2.22. The van der Waals surface area contributed by atoms with E-state index in [0.717, 1.165) is 19.6 Å². The fourth-order valence-corrected chi connectivity index (χ4v) is 2.00. The summed E-state index contributed by atoms with van der Waals surface area (Å²) in [6, 6.07) is 0. The summed E-state index contributed by atoms with van der Waals surface area (Å²) >= 11 is 0. The Morgan fingerprint density at radius 2 is 1.71 bits per heavy atom. The van der Waals surface area contributed by atoms with Crippen LogP contribution in [-0.4, -0.2) is 24.5 Å². The Morgan fingerprint density at radius 3 is 2.29 bits per heavy atom. The predicted octanol–water partition coefficient (Wildman–Crippen LogP) is 2.91. The van der Waals surface area contributed by atoms with Crippen LogP contribution in [0, 0.1) is 17.8 Å². The minimum Gasteiger partial charge on any atom is -0.293 e. The summed E-state index contributed by atoms with van der Waals surface area (Å²) in [6.45, 7) is 7.60. The van der Waals surface area contributed by atoms with E-state index in [0.29, 0.717) is 5.92 Å². The van der Waals surface area contributed by atoms with Crippen molar-refractivity contribution in [3.63, 3.8) is 0 Å². The van der Waals surface area contributed by atoms with E-state index < -0.39 is 0 Å². The largest absolute Gasteiger partial charge is 0.293 e. The number of rotatable bonds is 3. The zero-order chi connectivity index (χ0) is 10.2. The van der Waals surface area contributed by atoms with Crippen molar-refractivity contribution < 1.29 is 0 Å². The number of hydrogen-bond donors (Lipinski definition) is 0. The molecule has 0 aromatic carbocycles. The van der Waals surface area contributed by atoms with Gasteiger partial charge in [-0.15, -0.1) is 0 Å². The van der Waals surface area contributed by atoms with E-state index in [4.69, 9.17) is 0 Å². The topological polar surface area (TPSA) is 3.24 Å². The van der Waals surface area contributed by atoms with Crippen molar-refractivity contribution in [1.82, 2.24) is 4.90 Å². The van der Waals surface area contributed by atoms with Crippen LogP contribution in [-0.2, 0) is 0 Å². The molecule has 14 heavy (non-hydrogen) atoms. The molecule has 1 rings (SSSR count). The molecule has 0 aromatic heterocycles. The maximum Gasteiger partial charge on any atom is 0.0601 e. The highest BCUT2D eigenvalue weighted by Gasteiger charge is 2.09. The maximum atomic E-state index is 3.43. The zero-order valence-electron chi connectivity index (χ0n) is 9.68. The van der Waals surface area contributed by atoms with E-state index in [2.05, 4.69) is 30.6 Å². The lowest BCUT2D eigenvalue weighted by Crippen LogP contribution is -2.23. The Morgan fingerprint density at radius 1 is 1.07 bits per heavy atom. The molecule has 0 aromatic rings. The van der Waals surface area contributed by atoms with Crippen LogP contribution in [0.2, 0.25) is 0 Å². The first-order chi connectivity index (χ1) is 6.86. The quantitative estimate of drug-likeness (QED) is 0.623. The third-order valence-corrected chi connectivity index (χ3v) is 3.11. The smallest absolute Gasteiger partial charge is 0.0601 e. The second-order valence-electron chi connectivity index (χ2n) is 4.12. The molecule has 1 aliphatic rings. The Kier molecular flexibility index (Phi) is 5.71. The summed E-state index contributed by atoms with van der Waals surface area (Å²) in [5.41, 5.74) is 0. The van der Waals surface area contributed by atoms with E-state index in [1.807, 2.05) is 0 Å². The molecule has 0 amide bonds. The minimum absolute atomic E-state index is 0.708. The van der Waals surface area contributed by atoms with Gasteiger partial charge in [-0.3, -0.25) is 4.90 Å². The molecule has 80 valence electrons. The summed E-state index contributed by atoms with van der Waals surface area (Å²) in [5.74, 6) is 7.47. The van der Waals surface area contributed by atoms with Crippen LogP contribution in [0.3, 0.4) is 0 Å². The third-order valence-electron chi connectivity index (χ3n) is 3.11. The maximum absolute atomic E-state index is 3.43. The Balaban J connectivity index is 2.23. The number of nitrogens with zero attached hydrogens (tertiary/aromatic N) is 1. The summed E-state index contributed by atoms with van der Waals surface area (Å²) in [6.07, 6.45) is 6.89. The molecule has 0 radical (unpaired) electrons. The first kappa shape index (κ1) is 11.6. The van der Waals surface area contributed by atoms with Crippen LogP contribution < -0.4 is 0 Å². The molecule has 0 bridgehead atoms. The standard InChI is InChI=1S/C13H23N/c1-3-14(4-2)12-8-11-13-9-6-5-7-10-13/h13H,3-7,9-10,12H2,1-2H3. The van der Waals surface area contributed by atoms with Gasteiger partial charge in [-0.05, 0) is 25.9 Å². The Bertz CT molecular complexity index is 189. The molecule has 0 aliphatic heterocycles. The van der Waals surface area contributed by atoms with Gasteiger partial charge in [0, 0.05) is 5.92 Å². The fourth-order valence-electron chi connectivity index (χ4n) is 2.00. The summed E-state index contributed by atoms with van der Waals surface area (Å²) in [4.78, 5) is 2.37. The van der Waals surface area contributed by atoms with Crippen LogP contribution in [0.4, 0.5) is 0 Å². The summed E-state index contributed by atoms with van der Waals surface area (Å²) < 4.78 is 0. The third kappa shape index (κ3) is 4.15. The lowest BCUT2D eigenvalue weighted by Gasteiger charge is -2.16. The highest BCUT2D eigenvalue weighted by atomic mass is 15.1. The van der Waals surface area contributed by atoms with Crippen molar-refractivity contribution in [1.29, 1.82) is 0 Å². The van der Waals surface area contributed by atoms with Crippen molar-refractivity contribution in [3.8, 4) is 11.8 Å². The van der Waals surface area contributed by atoms with Gasteiger partial charge in [0.25, 0.3) is 0 Å². The average Bonchev–Trinajstić information content (AvgIpc) is 2.26. The van der Waals surface area contributed by atoms with Gasteiger partial charge in [-0.2, -0.15) is 0 Å². The number of hydrogen-bond acceptors (Lipinski definition) is 1. The van der Waals surface area contributed by atoms with E-state index in [-0.39, 0.29) is 0 Å². The first-order valence-corrected chi connectivity index (χ1v) is 6.07. The lowest BCUT2D eigenvalue weighted by atomic mass is 9.90. The molecular weight excluding hydrogens is 170 g/mol. The molecule has 1 saturated carbocycles. The van der Waals surface area contributed by atoms with Crippen LogP contribution in [0.1, 0.15) is 46.0 Å². The second-order valence-corrected chi connectivity index (χ2v) is 4.12. The van der Waals surface area contributed by atoms with E-state index in [9.17, 15) is 0 Å². The molecule has 1 nitrogen and oxygen atoms in total. The van der Waals surface area contributed by atoms with Crippen LogP contribution >= 0.6 is 0 Å². The van der Waals surface area contributed by atoms with Crippen LogP contribution in [0.5, 0.6) is 0 Å². The van der Waals surface area contributed by atoms with Crippen molar-refractivity contribution in [2.24, 2.45) is 5.92 Å². The molecule has 0 unspecified atom stereocenters. The van der Waals surface area contributed by atoms with Gasteiger partial charge in [0.2, 0.25) is 0 Å². The van der Waals surface area contributed by atoms with Crippen LogP contribution in [0.15, 0.2) is 0 Å². The molecule has 1 aliphatic carbocycles. The normalized spacial score (nSPS) is 17.9. The average molecular weight is 193 g/mol. The second kappa shape index (κ2) is 6.90.